The molecule has 8 heteroatoms. The molecule has 0 atom stereocenters. The van der Waals surface area contributed by atoms with Gasteiger partial charge in [0.1, 0.15) is 5.75 Å². The molecule has 1 N–H and O–H groups in total. The molecule has 132 valence electrons. The van der Waals surface area contributed by atoms with Crippen molar-refractivity contribution in [2.45, 2.75) is 0 Å². The summed E-state index contributed by atoms with van der Waals surface area (Å²) in [5.74, 6) is 1.26. The SMILES string of the molecule is COc1ccc(Br)cc1/C=N\NC(=O)COc1ccc(Br)cc1OC. The number of amides is 1. The molecule has 0 spiro atoms. The minimum atomic E-state index is -0.393. The van der Waals surface area contributed by atoms with E-state index in [9.17, 15) is 4.79 Å². The van der Waals surface area contributed by atoms with Gasteiger partial charge >= 0.3 is 0 Å². The fraction of sp³-hybridized carbons (Fsp3) is 0.176. The summed E-state index contributed by atoms with van der Waals surface area (Å²) in [5, 5.41) is 3.92. The van der Waals surface area contributed by atoms with Crippen LogP contribution in [0.4, 0.5) is 0 Å². The Morgan fingerprint density at radius 2 is 1.68 bits per heavy atom. The van der Waals surface area contributed by atoms with Crippen LogP contribution in [0.5, 0.6) is 17.2 Å². The summed E-state index contributed by atoms with van der Waals surface area (Å²) >= 11 is 6.72. The van der Waals surface area contributed by atoms with Crippen LogP contribution in [0.15, 0.2) is 50.4 Å². The Balaban J connectivity index is 1.92. The third-order valence-corrected chi connectivity index (χ3v) is 4.06. The van der Waals surface area contributed by atoms with Crippen LogP contribution in [0.1, 0.15) is 5.56 Å². The number of hydrogen-bond donors (Lipinski definition) is 1. The summed E-state index contributed by atoms with van der Waals surface area (Å²) in [6, 6.07) is 10.8. The number of halogens is 2. The highest BCUT2D eigenvalue weighted by atomic mass is 79.9. The maximum atomic E-state index is 11.9. The van der Waals surface area contributed by atoms with Crippen LogP contribution in [0.2, 0.25) is 0 Å². The Bertz CT molecular complexity index is 781. The summed E-state index contributed by atoms with van der Waals surface area (Å²) in [6.45, 7) is -0.190. The molecule has 0 aromatic heterocycles. The smallest absolute Gasteiger partial charge is 0.277 e. The lowest BCUT2D eigenvalue weighted by atomic mass is 10.2. The van der Waals surface area contributed by atoms with Gasteiger partial charge in [-0.2, -0.15) is 5.10 Å². The molecule has 25 heavy (non-hydrogen) atoms. The van der Waals surface area contributed by atoms with E-state index in [1.807, 2.05) is 12.1 Å². The standard InChI is InChI=1S/C17H16Br2N2O4/c1-23-14-5-3-12(18)7-11(14)9-20-21-17(22)10-25-15-6-4-13(19)8-16(15)24-2/h3-9H,10H2,1-2H3,(H,21,22)/b20-9-. The highest BCUT2D eigenvalue weighted by molar-refractivity contribution is 9.10. The molecule has 0 saturated heterocycles. The third kappa shape index (κ3) is 5.75. The fourth-order valence-electron chi connectivity index (χ4n) is 1.92. The Hall–Kier alpha value is -2.06. The van der Waals surface area contributed by atoms with E-state index in [2.05, 4.69) is 42.4 Å². The second kappa shape index (κ2) is 9.43. The minimum Gasteiger partial charge on any atom is -0.496 e. The van der Waals surface area contributed by atoms with Crippen molar-refractivity contribution in [3.8, 4) is 17.2 Å². The zero-order valence-electron chi connectivity index (χ0n) is 13.6. The van der Waals surface area contributed by atoms with Gasteiger partial charge in [0.25, 0.3) is 5.91 Å². The number of nitrogens with zero attached hydrogens (tertiary/aromatic N) is 1. The second-order valence-corrected chi connectivity index (χ2v) is 6.59. The summed E-state index contributed by atoms with van der Waals surface area (Å²) < 4.78 is 17.6. The molecule has 0 aliphatic carbocycles. The molecule has 0 radical (unpaired) electrons. The lowest BCUT2D eigenvalue weighted by molar-refractivity contribution is -0.123. The van der Waals surface area contributed by atoms with Gasteiger partial charge in [0.05, 0.1) is 20.4 Å². The van der Waals surface area contributed by atoms with E-state index in [1.54, 1.807) is 31.4 Å². The first kappa shape index (κ1) is 19.3. The number of methoxy groups -OCH3 is 2. The van der Waals surface area contributed by atoms with Crippen LogP contribution >= 0.6 is 31.9 Å². The Labute approximate surface area is 162 Å². The van der Waals surface area contributed by atoms with E-state index in [0.717, 1.165) is 14.5 Å². The number of carbonyl (C=O) groups is 1. The van der Waals surface area contributed by atoms with Crippen molar-refractivity contribution in [1.82, 2.24) is 5.43 Å². The zero-order chi connectivity index (χ0) is 18.2. The lowest BCUT2D eigenvalue weighted by Gasteiger charge is -2.10. The highest BCUT2D eigenvalue weighted by Gasteiger charge is 2.08. The molecule has 0 fully saturated rings. The van der Waals surface area contributed by atoms with E-state index in [0.29, 0.717) is 17.2 Å². The van der Waals surface area contributed by atoms with Gasteiger partial charge in [0, 0.05) is 14.5 Å². The molecule has 0 aliphatic rings. The molecular weight excluding hydrogens is 456 g/mol. The topological polar surface area (TPSA) is 69.2 Å². The molecule has 0 heterocycles. The molecule has 2 rings (SSSR count). The second-order valence-electron chi connectivity index (χ2n) is 4.76. The van der Waals surface area contributed by atoms with Crippen LogP contribution in [-0.4, -0.2) is 32.9 Å². The van der Waals surface area contributed by atoms with Gasteiger partial charge in [0.2, 0.25) is 0 Å². The van der Waals surface area contributed by atoms with Crippen molar-refractivity contribution in [2.75, 3.05) is 20.8 Å². The van der Waals surface area contributed by atoms with Gasteiger partial charge in [-0.25, -0.2) is 5.43 Å². The van der Waals surface area contributed by atoms with Crippen molar-refractivity contribution in [2.24, 2.45) is 5.10 Å². The molecule has 0 saturated carbocycles. The molecule has 1 amide bonds. The van der Waals surface area contributed by atoms with E-state index < -0.39 is 5.91 Å². The normalized spacial score (nSPS) is 10.6. The van der Waals surface area contributed by atoms with Gasteiger partial charge in [-0.3, -0.25) is 4.79 Å². The maximum Gasteiger partial charge on any atom is 0.277 e. The van der Waals surface area contributed by atoms with Gasteiger partial charge in [-0.1, -0.05) is 31.9 Å². The van der Waals surface area contributed by atoms with Crippen LogP contribution < -0.4 is 19.6 Å². The summed E-state index contributed by atoms with van der Waals surface area (Å²) in [6.07, 6.45) is 1.50. The van der Waals surface area contributed by atoms with Gasteiger partial charge in [-0.05, 0) is 36.4 Å². The summed E-state index contributed by atoms with van der Waals surface area (Å²) in [7, 11) is 3.10. The van der Waals surface area contributed by atoms with E-state index >= 15 is 0 Å². The first-order valence-electron chi connectivity index (χ1n) is 7.15. The number of hydrazone groups is 1. The van der Waals surface area contributed by atoms with Crippen molar-refractivity contribution in [3.63, 3.8) is 0 Å². The zero-order valence-corrected chi connectivity index (χ0v) is 16.8. The first-order valence-corrected chi connectivity index (χ1v) is 8.74. The minimum absolute atomic E-state index is 0.190. The van der Waals surface area contributed by atoms with Crippen LogP contribution in [0, 0.1) is 0 Å². The summed E-state index contributed by atoms with van der Waals surface area (Å²) in [5.41, 5.74) is 3.13. The Morgan fingerprint density at radius 1 is 1.04 bits per heavy atom. The molecule has 0 bridgehead atoms. The van der Waals surface area contributed by atoms with Crippen molar-refractivity contribution in [1.29, 1.82) is 0 Å². The number of ether oxygens (including phenoxy) is 3. The highest BCUT2D eigenvalue weighted by Crippen LogP contribution is 2.30. The molecule has 0 aliphatic heterocycles. The van der Waals surface area contributed by atoms with Gasteiger partial charge < -0.3 is 14.2 Å². The summed E-state index contributed by atoms with van der Waals surface area (Å²) in [4.78, 5) is 11.9. The van der Waals surface area contributed by atoms with Crippen LogP contribution in [0.3, 0.4) is 0 Å². The van der Waals surface area contributed by atoms with E-state index in [4.69, 9.17) is 14.2 Å². The predicted octanol–water partition coefficient (Wildman–Crippen LogP) is 3.76. The first-order chi connectivity index (χ1) is 12.0. The lowest BCUT2D eigenvalue weighted by Crippen LogP contribution is -2.24. The Morgan fingerprint density at radius 3 is 2.36 bits per heavy atom. The largest absolute Gasteiger partial charge is 0.496 e. The average Bonchev–Trinajstić information content (AvgIpc) is 2.60. The number of rotatable bonds is 7. The van der Waals surface area contributed by atoms with Crippen molar-refractivity contribution >= 4 is 44.0 Å². The maximum absolute atomic E-state index is 11.9. The molecule has 0 unspecified atom stereocenters. The van der Waals surface area contributed by atoms with Gasteiger partial charge in [0.15, 0.2) is 18.1 Å². The van der Waals surface area contributed by atoms with E-state index in [1.165, 1.54) is 13.3 Å². The van der Waals surface area contributed by atoms with Crippen molar-refractivity contribution < 1.29 is 19.0 Å². The van der Waals surface area contributed by atoms with Crippen LogP contribution in [0.25, 0.3) is 0 Å². The molecule has 2 aromatic carbocycles. The number of hydrogen-bond acceptors (Lipinski definition) is 5. The van der Waals surface area contributed by atoms with Gasteiger partial charge in [-0.15, -0.1) is 0 Å². The average molecular weight is 472 g/mol. The number of nitrogens with one attached hydrogen (secondary N) is 1. The van der Waals surface area contributed by atoms with Crippen LogP contribution in [-0.2, 0) is 4.79 Å². The molecule has 2 aromatic rings. The number of carbonyl (C=O) groups excluding carboxylic acids is 1. The van der Waals surface area contributed by atoms with E-state index in [-0.39, 0.29) is 6.61 Å². The quantitative estimate of drug-likeness (QED) is 0.493. The third-order valence-electron chi connectivity index (χ3n) is 3.07. The monoisotopic (exact) mass is 470 g/mol. The Kier molecular flexibility index (Phi) is 7.27. The molecule has 6 nitrogen and oxygen atoms in total. The number of benzene rings is 2. The predicted molar refractivity (Wildman–Crippen MR) is 103 cm³/mol. The molecular formula is C17H16Br2N2O4. The van der Waals surface area contributed by atoms with Crippen molar-refractivity contribution in [3.05, 3.63) is 50.9 Å². The fourth-order valence-corrected chi connectivity index (χ4v) is 2.64.